The van der Waals surface area contributed by atoms with Crippen LogP contribution in [-0.4, -0.2) is 30.5 Å². The number of halogens is 3. The SMILES string of the molecule is OC[C@H]1NCC[C@@H]1C(F)(F)F. The van der Waals surface area contributed by atoms with E-state index in [1.165, 1.54) is 0 Å². The summed E-state index contributed by atoms with van der Waals surface area (Å²) >= 11 is 0. The Morgan fingerprint density at radius 2 is 2.09 bits per heavy atom. The van der Waals surface area contributed by atoms with Gasteiger partial charge in [-0.05, 0) is 13.0 Å². The third-order valence-corrected chi connectivity index (χ3v) is 1.96. The molecule has 2 nitrogen and oxygen atoms in total. The van der Waals surface area contributed by atoms with Gasteiger partial charge in [-0.15, -0.1) is 0 Å². The van der Waals surface area contributed by atoms with E-state index in [4.69, 9.17) is 5.11 Å². The maximum absolute atomic E-state index is 12.0. The average molecular weight is 169 g/mol. The molecule has 2 N–H and O–H groups in total. The number of hydrogen-bond donors (Lipinski definition) is 2. The molecule has 1 rings (SSSR count). The predicted molar refractivity (Wildman–Crippen MR) is 33.0 cm³/mol. The fourth-order valence-corrected chi connectivity index (χ4v) is 1.35. The van der Waals surface area contributed by atoms with Crippen molar-refractivity contribution in [3.63, 3.8) is 0 Å². The van der Waals surface area contributed by atoms with E-state index in [0.717, 1.165) is 0 Å². The molecule has 1 saturated heterocycles. The van der Waals surface area contributed by atoms with Crippen LogP contribution in [0.5, 0.6) is 0 Å². The smallest absolute Gasteiger partial charge is 0.393 e. The second-order valence-corrected chi connectivity index (χ2v) is 2.68. The zero-order valence-electron chi connectivity index (χ0n) is 5.86. The number of aliphatic hydroxyl groups is 1. The topological polar surface area (TPSA) is 32.3 Å². The Morgan fingerprint density at radius 1 is 1.45 bits per heavy atom. The van der Waals surface area contributed by atoms with Gasteiger partial charge < -0.3 is 10.4 Å². The van der Waals surface area contributed by atoms with Crippen LogP contribution < -0.4 is 5.32 Å². The number of nitrogens with one attached hydrogen (secondary N) is 1. The Kier molecular flexibility index (Phi) is 2.39. The molecule has 66 valence electrons. The standard InChI is InChI=1S/C6H10F3NO/c7-6(8,9)4-1-2-10-5(4)3-11/h4-5,10-11H,1-3H2/t4-,5+/m0/s1. The van der Waals surface area contributed by atoms with Crippen LogP contribution in [0.15, 0.2) is 0 Å². The van der Waals surface area contributed by atoms with Gasteiger partial charge in [0.15, 0.2) is 0 Å². The van der Waals surface area contributed by atoms with Crippen LogP contribution in [0.2, 0.25) is 0 Å². The molecule has 1 heterocycles. The molecule has 5 heteroatoms. The van der Waals surface area contributed by atoms with Crippen molar-refractivity contribution in [3.8, 4) is 0 Å². The van der Waals surface area contributed by atoms with Crippen LogP contribution in [0.1, 0.15) is 6.42 Å². The van der Waals surface area contributed by atoms with Crippen LogP contribution in [0.4, 0.5) is 13.2 Å². The number of aliphatic hydroxyl groups excluding tert-OH is 1. The summed E-state index contributed by atoms with van der Waals surface area (Å²) in [5.74, 6) is -1.37. The molecule has 0 aromatic heterocycles. The number of rotatable bonds is 1. The summed E-state index contributed by atoms with van der Waals surface area (Å²) in [6.45, 7) is -0.0976. The van der Waals surface area contributed by atoms with Gasteiger partial charge in [0.25, 0.3) is 0 Å². The lowest BCUT2D eigenvalue weighted by atomic mass is 10.0. The van der Waals surface area contributed by atoms with Crippen LogP contribution >= 0.6 is 0 Å². The summed E-state index contributed by atoms with van der Waals surface area (Å²) in [7, 11) is 0. The Bertz CT molecular complexity index is 136. The van der Waals surface area contributed by atoms with Gasteiger partial charge in [-0.25, -0.2) is 0 Å². The third-order valence-electron chi connectivity index (χ3n) is 1.96. The minimum Gasteiger partial charge on any atom is -0.395 e. The van der Waals surface area contributed by atoms with E-state index in [2.05, 4.69) is 5.32 Å². The summed E-state index contributed by atoms with van der Waals surface area (Å²) in [6, 6.07) is -0.796. The largest absolute Gasteiger partial charge is 0.395 e. The van der Waals surface area contributed by atoms with E-state index in [1.54, 1.807) is 0 Å². The lowest BCUT2D eigenvalue weighted by Crippen LogP contribution is -2.38. The maximum atomic E-state index is 12.0. The number of alkyl halides is 3. The van der Waals surface area contributed by atoms with Crippen molar-refractivity contribution in [2.24, 2.45) is 5.92 Å². The lowest BCUT2D eigenvalue weighted by molar-refractivity contribution is -0.178. The van der Waals surface area contributed by atoms with Crippen molar-refractivity contribution in [2.45, 2.75) is 18.6 Å². The van der Waals surface area contributed by atoms with Crippen molar-refractivity contribution in [1.29, 1.82) is 0 Å². The normalized spacial score (nSPS) is 32.7. The molecule has 0 saturated carbocycles. The highest BCUT2D eigenvalue weighted by Gasteiger charge is 2.46. The lowest BCUT2D eigenvalue weighted by Gasteiger charge is -2.19. The first-order chi connectivity index (χ1) is 5.05. The van der Waals surface area contributed by atoms with Gasteiger partial charge in [0.2, 0.25) is 0 Å². The van der Waals surface area contributed by atoms with E-state index < -0.39 is 24.7 Å². The Balaban J connectivity index is 2.57. The highest BCUT2D eigenvalue weighted by atomic mass is 19.4. The molecule has 1 fully saturated rings. The molecule has 0 aliphatic carbocycles. The van der Waals surface area contributed by atoms with E-state index in [-0.39, 0.29) is 6.42 Å². The van der Waals surface area contributed by atoms with Crippen LogP contribution in [0.3, 0.4) is 0 Å². The van der Waals surface area contributed by atoms with E-state index in [1.807, 2.05) is 0 Å². The fraction of sp³-hybridized carbons (Fsp3) is 1.00. The Morgan fingerprint density at radius 3 is 2.45 bits per heavy atom. The van der Waals surface area contributed by atoms with Crippen molar-refractivity contribution >= 4 is 0 Å². The summed E-state index contributed by atoms with van der Waals surface area (Å²) in [5.41, 5.74) is 0. The molecule has 0 aromatic rings. The van der Waals surface area contributed by atoms with E-state index >= 15 is 0 Å². The van der Waals surface area contributed by atoms with Crippen LogP contribution in [0, 0.1) is 5.92 Å². The van der Waals surface area contributed by atoms with Gasteiger partial charge >= 0.3 is 6.18 Å². The van der Waals surface area contributed by atoms with Gasteiger partial charge in [0.1, 0.15) is 0 Å². The average Bonchev–Trinajstić information content (AvgIpc) is 2.31. The molecule has 0 spiro atoms. The minimum atomic E-state index is -4.17. The first kappa shape index (κ1) is 8.80. The van der Waals surface area contributed by atoms with E-state index in [9.17, 15) is 13.2 Å². The Hall–Kier alpha value is -0.290. The zero-order chi connectivity index (χ0) is 8.48. The monoisotopic (exact) mass is 169 g/mol. The molecule has 0 bridgehead atoms. The summed E-state index contributed by atoms with van der Waals surface area (Å²) in [6.07, 6.45) is -4.09. The molecule has 0 amide bonds. The Labute approximate surface area is 62.4 Å². The molecule has 0 unspecified atom stereocenters. The molecular formula is C6H10F3NO. The van der Waals surface area contributed by atoms with Crippen molar-refractivity contribution in [3.05, 3.63) is 0 Å². The molecule has 0 radical (unpaired) electrons. The molecule has 2 atom stereocenters. The highest BCUT2D eigenvalue weighted by Crippen LogP contribution is 2.33. The molecule has 11 heavy (non-hydrogen) atoms. The first-order valence-corrected chi connectivity index (χ1v) is 3.46. The predicted octanol–water partition coefficient (Wildman–Crippen LogP) is 0.519. The maximum Gasteiger partial charge on any atom is 0.393 e. The molecule has 0 aromatic carbocycles. The second kappa shape index (κ2) is 2.98. The van der Waals surface area contributed by atoms with Gasteiger partial charge in [-0.3, -0.25) is 0 Å². The van der Waals surface area contributed by atoms with Gasteiger partial charge in [-0.1, -0.05) is 0 Å². The highest BCUT2D eigenvalue weighted by molar-refractivity contribution is 4.87. The fourth-order valence-electron chi connectivity index (χ4n) is 1.35. The first-order valence-electron chi connectivity index (χ1n) is 3.46. The quantitative estimate of drug-likeness (QED) is 0.599. The number of hydrogen-bond acceptors (Lipinski definition) is 2. The van der Waals surface area contributed by atoms with Crippen molar-refractivity contribution < 1.29 is 18.3 Å². The molecular weight excluding hydrogens is 159 g/mol. The summed E-state index contributed by atoms with van der Waals surface area (Å²) in [4.78, 5) is 0. The van der Waals surface area contributed by atoms with Crippen LogP contribution in [0.25, 0.3) is 0 Å². The zero-order valence-corrected chi connectivity index (χ0v) is 5.86. The van der Waals surface area contributed by atoms with Crippen molar-refractivity contribution in [2.75, 3.05) is 13.2 Å². The van der Waals surface area contributed by atoms with Gasteiger partial charge in [-0.2, -0.15) is 13.2 Å². The van der Waals surface area contributed by atoms with Gasteiger partial charge in [0, 0.05) is 6.04 Å². The van der Waals surface area contributed by atoms with E-state index in [0.29, 0.717) is 6.54 Å². The summed E-state index contributed by atoms with van der Waals surface area (Å²) in [5, 5.41) is 11.1. The molecule has 1 aliphatic rings. The van der Waals surface area contributed by atoms with Crippen molar-refractivity contribution in [1.82, 2.24) is 5.32 Å². The van der Waals surface area contributed by atoms with Gasteiger partial charge in [0.05, 0.1) is 12.5 Å². The second-order valence-electron chi connectivity index (χ2n) is 2.68. The third kappa shape index (κ3) is 1.84. The summed E-state index contributed by atoms with van der Waals surface area (Å²) < 4.78 is 36.1. The minimum absolute atomic E-state index is 0.0781. The van der Waals surface area contributed by atoms with Crippen LogP contribution in [-0.2, 0) is 0 Å². The molecule has 1 aliphatic heterocycles.